The van der Waals surface area contributed by atoms with Crippen LogP contribution in [0.5, 0.6) is 23.0 Å². The first-order valence-corrected chi connectivity index (χ1v) is 11.4. The minimum absolute atomic E-state index is 0.155. The van der Waals surface area contributed by atoms with Gasteiger partial charge in [0.1, 0.15) is 5.75 Å². The van der Waals surface area contributed by atoms with E-state index in [1.807, 2.05) is 60.5 Å². The maximum Gasteiger partial charge on any atom is 0.254 e. The number of rotatable bonds is 9. The predicted molar refractivity (Wildman–Crippen MR) is 136 cm³/mol. The molecular formula is C28H30N2O5. The van der Waals surface area contributed by atoms with E-state index in [4.69, 9.17) is 18.9 Å². The number of fused-ring (bicyclic) bond motifs is 1. The van der Waals surface area contributed by atoms with E-state index in [9.17, 15) is 4.79 Å². The van der Waals surface area contributed by atoms with E-state index >= 15 is 0 Å². The van der Waals surface area contributed by atoms with Crippen LogP contribution in [0.4, 0.5) is 0 Å². The molecule has 0 unspecified atom stereocenters. The summed E-state index contributed by atoms with van der Waals surface area (Å²) in [7, 11) is 6.25. The fourth-order valence-corrected chi connectivity index (χ4v) is 4.45. The third kappa shape index (κ3) is 4.49. The van der Waals surface area contributed by atoms with Crippen molar-refractivity contribution >= 4 is 16.8 Å². The van der Waals surface area contributed by atoms with E-state index < -0.39 is 0 Å². The summed E-state index contributed by atoms with van der Waals surface area (Å²) >= 11 is 0. The molecule has 3 aromatic carbocycles. The second-order valence-electron chi connectivity index (χ2n) is 7.97. The van der Waals surface area contributed by atoms with Crippen LogP contribution in [0.3, 0.4) is 0 Å². The highest BCUT2D eigenvalue weighted by atomic mass is 16.5. The molecule has 7 heteroatoms. The molecule has 0 spiro atoms. The van der Waals surface area contributed by atoms with E-state index in [1.165, 1.54) is 21.3 Å². The fraction of sp³-hybridized carbons (Fsp3) is 0.250. The summed E-state index contributed by atoms with van der Waals surface area (Å²) in [4.78, 5) is 19.2. The normalized spacial score (nSPS) is 11.7. The molecule has 0 aliphatic carbocycles. The first kappa shape index (κ1) is 24.0. The number of carbonyl (C=O) groups excluding carboxylic acids is 1. The lowest BCUT2D eigenvalue weighted by atomic mass is 9.95. The Bertz CT molecular complexity index is 1290. The molecule has 1 aromatic heterocycles. The van der Waals surface area contributed by atoms with Crippen molar-refractivity contribution in [2.75, 3.05) is 35.0 Å². The van der Waals surface area contributed by atoms with Crippen LogP contribution in [0.15, 0.2) is 66.9 Å². The molecule has 0 fully saturated rings. The van der Waals surface area contributed by atoms with Crippen LogP contribution in [0.25, 0.3) is 10.9 Å². The molecule has 0 aliphatic rings. The van der Waals surface area contributed by atoms with Crippen molar-refractivity contribution < 1.29 is 23.7 Å². The lowest BCUT2D eigenvalue weighted by molar-refractivity contribution is 0.0717. The van der Waals surface area contributed by atoms with Gasteiger partial charge in [0, 0.05) is 34.8 Å². The molecular weight excluding hydrogens is 444 g/mol. The summed E-state index contributed by atoms with van der Waals surface area (Å²) in [6.07, 6.45) is 1.98. The zero-order valence-corrected chi connectivity index (χ0v) is 20.6. The van der Waals surface area contributed by atoms with E-state index in [2.05, 4.69) is 11.1 Å². The van der Waals surface area contributed by atoms with Crippen LogP contribution in [-0.2, 0) is 0 Å². The predicted octanol–water partition coefficient (Wildman–Crippen LogP) is 5.45. The average Bonchev–Trinajstić information content (AvgIpc) is 3.34. The van der Waals surface area contributed by atoms with Crippen LogP contribution in [-0.4, -0.2) is 50.8 Å². The minimum Gasteiger partial charge on any atom is -0.497 e. The van der Waals surface area contributed by atoms with Crippen LogP contribution in [0.2, 0.25) is 0 Å². The molecule has 0 saturated heterocycles. The van der Waals surface area contributed by atoms with Crippen LogP contribution >= 0.6 is 0 Å². The summed E-state index contributed by atoms with van der Waals surface area (Å²) in [6, 6.07) is 18.9. The maximum absolute atomic E-state index is 14.0. The largest absolute Gasteiger partial charge is 0.497 e. The Hall–Kier alpha value is -4.13. The Morgan fingerprint density at radius 2 is 1.54 bits per heavy atom. The highest BCUT2D eigenvalue weighted by Crippen LogP contribution is 2.40. The number of hydrogen-bond donors (Lipinski definition) is 1. The molecule has 4 rings (SSSR count). The number of hydrogen-bond acceptors (Lipinski definition) is 5. The molecule has 4 aromatic rings. The number of nitrogens with one attached hydrogen (secondary N) is 1. The lowest BCUT2D eigenvalue weighted by Crippen LogP contribution is -2.35. The molecule has 1 heterocycles. The van der Waals surface area contributed by atoms with Crippen LogP contribution < -0.4 is 18.9 Å². The molecule has 0 saturated carbocycles. The van der Waals surface area contributed by atoms with Gasteiger partial charge in [0.05, 0.1) is 34.5 Å². The molecule has 1 atom stereocenters. The smallest absolute Gasteiger partial charge is 0.254 e. The summed E-state index contributed by atoms with van der Waals surface area (Å²) < 4.78 is 21.8. The van der Waals surface area contributed by atoms with Crippen molar-refractivity contribution in [3.05, 3.63) is 83.6 Å². The summed E-state index contributed by atoms with van der Waals surface area (Å²) in [5.41, 5.74) is 3.43. The average molecular weight is 475 g/mol. The van der Waals surface area contributed by atoms with Gasteiger partial charge in [-0.3, -0.25) is 4.79 Å². The Kier molecular flexibility index (Phi) is 7.15. The number of ether oxygens (including phenoxy) is 4. The molecule has 182 valence electrons. The third-order valence-electron chi connectivity index (χ3n) is 6.17. The zero-order valence-electron chi connectivity index (χ0n) is 20.6. The van der Waals surface area contributed by atoms with Crippen molar-refractivity contribution in [2.45, 2.75) is 13.0 Å². The number of nitrogens with zero attached hydrogens (tertiary/aromatic N) is 1. The van der Waals surface area contributed by atoms with Crippen molar-refractivity contribution in [1.29, 1.82) is 0 Å². The highest BCUT2D eigenvalue weighted by molar-refractivity contribution is 5.97. The molecule has 35 heavy (non-hydrogen) atoms. The molecule has 0 radical (unpaired) electrons. The van der Waals surface area contributed by atoms with Gasteiger partial charge < -0.3 is 28.8 Å². The number of benzene rings is 3. The Morgan fingerprint density at radius 3 is 2.11 bits per heavy atom. The van der Waals surface area contributed by atoms with E-state index in [-0.39, 0.29) is 11.9 Å². The lowest BCUT2D eigenvalue weighted by Gasteiger charge is -2.32. The maximum atomic E-state index is 14.0. The number of para-hydroxylation sites is 1. The molecule has 1 amide bonds. The first-order chi connectivity index (χ1) is 17.1. The van der Waals surface area contributed by atoms with Gasteiger partial charge >= 0.3 is 0 Å². The monoisotopic (exact) mass is 474 g/mol. The molecule has 0 aliphatic heterocycles. The van der Waals surface area contributed by atoms with Gasteiger partial charge in [0.15, 0.2) is 11.5 Å². The van der Waals surface area contributed by atoms with Gasteiger partial charge in [-0.1, -0.05) is 30.3 Å². The Labute approximate surface area is 205 Å². The number of amides is 1. The number of H-pyrrole nitrogens is 1. The third-order valence-corrected chi connectivity index (χ3v) is 6.17. The fourth-order valence-electron chi connectivity index (χ4n) is 4.45. The molecule has 0 bridgehead atoms. The van der Waals surface area contributed by atoms with Crippen molar-refractivity contribution in [3.63, 3.8) is 0 Å². The minimum atomic E-state index is -0.339. The SMILES string of the molecule is CCN(C(=O)c1cc(OC)c(OC)c(OC)c1)[C@@H](c1ccc(OC)cc1)c1c[nH]c2ccccc12. The first-order valence-electron chi connectivity index (χ1n) is 11.4. The number of carbonyl (C=O) groups is 1. The van der Waals surface area contributed by atoms with Crippen LogP contribution in [0, 0.1) is 0 Å². The Balaban J connectivity index is 1.86. The standard InChI is InChI=1S/C28H30N2O5/c1-6-30(28(31)19-15-24(33-3)27(35-5)25(16-19)34-4)26(18-11-13-20(32-2)14-12-18)22-17-29-23-10-8-7-9-21(22)23/h7-17,26,29H,6H2,1-5H3/t26-/m0/s1. The number of methoxy groups -OCH3 is 4. The molecule has 7 nitrogen and oxygen atoms in total. The van der Waals surface area contributed by atoms with Crippen molar-refractivity contribution in [3.8, 4) is 23.0 Å². The summed E-state index contributed by atoms with van der Waals surface area (Å²) in [6.45, 7) is 2.45. The van der Waals surface area contributed by atoms with E-state index in [1.54, 1.807) is 19.2 Å². The number of aromatic amines is 1. The number of aromatic nitrogens is 1. The zero-order chi connectivity index (χ0) is 24.9. The van der Waals surface area contributed by atoms with Gasteiger partial charge in [-0.2, -0.15) is 0 Å². The van der Waals surface area contributed by atoms with E-state index in [0.29, 0.717) is 29.4 Å². The highest BCUT2D eigenvalue weighted by Gasteiger charge is 2.30. The quantitative estimate of drug-likeness (QED) is 0.349. The summed E-state index contributed by atoms with van der Waals surface area (Å²) in [5, 5.41) is 1.06. The van der Waals surface area contributed by atoms with Crippen molar-refractivity contribution in [1.82, 2.24) is 9.88 Å². The second kappa shape index (κ2) is 10.4. The van der Waals surface area contributed by atoms with Gasteiger partial charge in [-0.25, -0.2) is 0 Å². The van der Waals surface area contributed by atoms with E-state index in [0.717, 1.165) is 27.8 Å². The van der Waals surface area contributed by atoms with Gasteiger partial charge in [0.2, 0.25) is 5.75 Å². The second-order valence-corrected chi connectivity index (χ2v) is 7.97. The Morgan fingerprint density at radius 1 is 0.886 bits per heavy atom. The van der Waals surface area contributed by atoms with Gasteiger partial charge in [0.25, 0.3) is 5.91 Å². The van der Waals surface area contributed by atoms with Gasteiger partial charge in [-0.05, 0) is 42.8 Å². The van der Waals surface area contributed by atoms with Crippen molar-refractivity contribution in [2.24, 2.45) is 0 Å². The summed E-state index contributed by atoms with van der Waals surface area (Å²) in [5.74, 6) is 1.90. The van der Waals surface area contributed by atoms with Gasteiger partial charge in [-0.15, -0.1) is 0 Å². The van der Waals surface area contributed by atoms with Crippen LogP contribution in [0.1, 0.15) is 34.5 Å². The topological polar surface area (TPSA) is 73.0 Å². The molecule has 1 N–H and O–H groups in total.